The molecule has 0 aliphatic carbocycles. The topological polar surface area (TPSA) is 89.3 Å². The molecule has 0 bridgehead atoms. The van der Waals surface area contributed by atoms with Crippen molar-refractivity contribution in [3.63, 3.8) is 0 Å². The highest BCUT2D eigenvalue weighted by Crippen LogP contribution is 2.20. The number of hydrogen-bond donors (Lipinski definition) is 3. The standard InChI is InChI=1S/C10H14N2O2/c1-6(10(13)14)9(12)7-3-2-4-8(11)5-7/h2-6,9H,11-12H2,1H3,(H,13,14). The van der Waals surface area contributed by atoms with Gasteiger partial charge in [-0.3, -0.25) is 4.79 Å². The number of carbonyl (C=O) groups is 1. The molecule has 0 aromatic heterocycles. The summed E-state index contributed by atoms with van der Waals surface area (Å²) in [6.07, 6.45) is 0. The second kappa shape index (κ2) is 4.11. The lowest BCUT2D eigenvalue weighted by molar-refractivity contribution is -0.141. The van der Waals surface area contributed by atoms with E-state index in [1.54, 1.807) is 31.2 Å². The van der Waals surface area contributed by atoms with Gasteiger partial charge in [-0.15, -0.1) is 0 Å². The molecular formula is C10H14N2O2. The summed E-state index contributed by atoms with van der Waals surface area (Å²) in [5.74, 6) is -1.52. The molecule has 1 aromatic rings. The number of benzene rings is 1. The zero-order chi connectivity index (χ0) is 10.7. The van der Waals surface area contributed by atoms with E-state index in [1.807, 2.05) is 0 Å². The summed E-state index contributed by atoms with van der Waals surface area (Å²) in [6, 6.07) is 6.46. The van der Waals surface area contributed by atoms with Gasteiger partial charge in [0, 0.05) is 11.7 Å². The Morgan fingerprint density at radius 1 is 1.50 bits per heavy atom. The lowest BCUT2D eigenvalue weighted by atomic mass is 9.95. The van der Waals surface area contributed by atoms with Crippen LogP contribution in [0.5, 0.6) is 0 Å². The first-order chi connectivity index (χ1) is 6.52. The minimum absolute atomic E-state index is 0.518. The van der Waals surface area contributed by atoms with E-state index >= 15 is 0 Å². The van der Waals surface area contributed by atoms with Crippen molar-refractivity contribution in [1.82, 2.24) is 0 Å². The Balaban J connectivity index is 2.89. The highest BCUT2D eigenvalue weighted by molar-refractivity contribution is 5.70. The van der Waals surface area contributed by atoms with Gasteiger partial charge in [0.25, 0.3) is 0 Å². The summed E-state index contributed by atoms with van der Waals surface area (Å²) in [7, 11) is 0. The molecule has 14 heavy (non-hydrogen) atoms. The number of aliphatic carboxylic acids is 1. The maximum Gasteiger partial charge on any atom is 0.308 e. The van der Waals surface area contributed by atoms with Crippen LogP contribution in [-0.2, 0) is 4.79 Å². The third kappa shape index (κ3) is 2.23. The van der Waals surface area contributed by atoms with Crippen molar-refractivity contribution in [2.24, 2.45) is 11.7 Å². The van der Waals surface area contributed by atoms with Crippen molar-refractivity contribution in [2.75, 3.05) is 5.73 Å². The molecule has 0 fully saturated rings. The molecule has 1 rings (SSSR count). The number of hydrogen-bond acceptors (Lipinski definition) is 3. The number of carboxylic acid groups (broad SMARTS) is 1. The highest BCUT2D eigenvalue weighted by atomic mass is 16.4. The van der Waals surface area contributed by atoms with E-state index < -0.39 is 17.9 Å². The van der Waals surface area contributed by atoms with Gasteiger partial charge in [0.1, 0.15) is 0 Å². The van der Waals surface area contributed by atoms with Crippen LogP contribution in [0.1, 0.15) is 18.5 Å². The van der Waals surface area contributed by atoms with Crippen LogP contribution in [-0.4, -0.2) is 11.1 Å². The Labute approximate surface area is 82.5 Å². The molecule has 0 radical (unpaired) electrons. The first-order valence-electron chi connectivity index (χ1n) is 4.36. The Bertz CT molecular complexity index is 339. The fourth-order valence-corrected chi connectivity index (χ4v) is 1.21. The van der Waals surface area contributed by atoms with Crippen LogP contribution in [0.2, 0.25) is 0 Å². The minimum Gasteiger partial charge on any atom is -0.481 e. The van der Waals surface area contributed by atoms with Crippen LogP contribution in [0.15, 0.2) is 24.3 Å². The van der Waals surface area contributed by atoms with Gasteiger partial charge in [-0.25, -0.2) is 0 Å². The largest absolute Gasteiger partial charge is 0.481 e. The number of rotatable bonds is 3. The van der Waals surface area contributed by atoms with Gasteiger partial charge in [0.15, 0.2) is 0 Å². The Morgan fingerprint density at radius 2 is 2.14 bits per heavy atom. The second-order valence-electron chi connectivity index (χ2n) is 3.32. The Morgan fingerprint density at radius 3 is 2.64 bits per heavy atom. The van der Waals surface area contributed by atoms with Gasteiger partial charge in [-0.05, 0) is 17.7 Å². The summed E-state index contributed by atoms with van der Waals surface area (Å²) in [5.41, 5.74) is 12.7. The molecule has 0 amide bonds. The molecule has 0 aliphatic heterocycles. The van der Waals surface area contributed by atoms with Crippen LogP contribution in [0.3, 0.4) is 0 Å². The quantitative estimate of drug-likeness (QED) is 0.626. The Kier molecular flexibility index (Phi) is 3.09. The van der Waals surface area contributed by atoms with Gasteiger partial charge in [-0.1, -0.05) is 19.1 Å². The summed E-state index contributed by atoms with van der Waals surface area (Å²) in [6.45, 7) is 1.58. The predicted molar refractivity (Wildman–Crippen MR) is 54.6 cm³/mol. The molecular weight excluding hydrogens is 180 g/mol. The van der Waals surface area contributed by atoms with Crippen LogP contribution in [0.4, 0.5) is 5.69 Å². The Hall–Kier alpha value is -1.55. The summed E-state index contributed by atoms with van der Waals surface area (Å²) in [4.78, 5) is 10.7. The molecule has 0 saturated carbocycles. The molecule has 1 aromatic carbocycles. The first-order valence-corrected chi connectivity index (χ1v) is 4.36. The van der Waals surface area contributed by atoms with Crippen LogP contribution < -0.4 is 11.5 Å². The SMILES string of the molecule is CC(C(=O)O)C(N)c1cccc(N)c1. The third-order valence-corrected chi connectivity index (χ3v) is 2.22. The van der Waals surface area contributed by atoms with E-state index in [4.69, 9.17) is 16.6 Å². The predicted octanol–water partition coefficient (Wildman–Crippen LogP) is 0.989. The van der Waals surface area contributed by atoms with Crippen molar-refractivity contribution in [2.45, 2.75) is 13.0 Å². The lowest BCUT2D eigenvalue weighted by Gasteiger charge is -2.16. The van der Waals surface area contributed by atoms with E-state index in [1.165, 1.54) is 0 Å². The number of nitrogens with two attached hydrogens (primary N) is 2. The zero-order valence-electron chi connectivity index (χ0n) is 7.97. The third-order valence-electron chi connectivity index (χ3n) is 2.22. The van der Waals surface area contributed by atoms with E-state index in [0.29, 0.717) is 5.69 Å². The molecule has 0 spiro atoms. The number of carboxylic acids is 1. The average Bonchev–Trinajstić information content (AvgIpc) is 2.15. The minimum atomic E-state index is -0.903. The molecule has 0 aliphatic rings. The van der Waals surface area contributed by atoms with Crippen molar-refractivity contribution >= 4 is 11.7 Å². The fourth-order valence-electron chi connectivity index (χ4n) is 1.21. The van der Waals surface area contributed by atoms with Crippen molar-refractivity contribution in [1.29, 1.82) is 0 Å². The summed E-state index contributed by atoms with van der Waals surface area (Å²) < 4.78 is 0. The van der Waals surface area contributed by atoms with Gasteiger partial charge < -0.3 is 16.6 Å². The number of anilines is 1. The van der Waals surface area contributed by atoms with Crippen LogP contribution in [0, 0.1) is 5.92 Å². The van der Waals surface area contributed by atoms with Crippen LogP contribution in [0.25, 0.3) is 0 Å². The fraction of sp³-hybridized carbons (Fsp3) is 0.300. The maximum atomic E-state index is 10.7. The van der Waals surface area contributed by atoms with E-state index in [-0.39, 0.29) is 0 Å². The maximum absolute atomic E-state index is 10.7. The summed E-state index contributed by atoms with van der Waals surface area (Å²) in [5, 5.41) is 8.77. The van der Waals surface area contributed by atoms with Gasteiger partial charge in [0.05, 0.1) is 5.92 Å². The number of nitrogen functional groups attached to an aromatic ring is 1. The van der Waals surface area contributed by atoms with E-state index in [0.717, 1.165) is 5.56 Å². The normalized spacial score (nSPS) is 14.7. The lowest BCUT2D eigenvalue weighted by Crippen LogP contribution is -2.25. The van der Waals surface area contributed by atoms with Crippen LogP contribution >= 0.6 is 0 Å². The molecule has 0 saturated heterocycles. The van der Waals surface area contributed by atoms with Gasteiger partial charge in [0.2, 0.25) is 0 Å². The molecule has 4 heteroatoms. The second-order valence-corrected chi connectivity index (χ2v) is 3.32. The average molecular weight is 194 g/mol. The van der Waals surface area contributed by atoms with E-state index in [2.05, 4.69) is 0 Å². The first kappa shape index (κ1) is 10.5. The molecule has 2 atom stereocenters. The van der Waals surface area contributed by atoms with Gasteiger partial charge in [-0.2, -0.15) is 0 Å². The van der Waals surface area contributed by atoms with Crippen molar-refractivity contribution < 1.29 is 9.90 Å². The smallest absolute Gasteiger partial charge is 0.308 e. The monoisotopic (exact) mass is 194 g/mol. The molecule has 0 heterocycles. The zero-order valence-corrected chi connectivity index (χ0v) is 7.97. The molecule has 2 unspecified atom stereocenters. The molecule has 5 N–H and O–H groups in total. The highest BCUT2D eigenvalue weighted by Gasteiger charge is 2.21. The van der Waals surface area contributed by atoms with E-state index in [9.17, 15) is 4.79 Å². The van der Waals surface area contributed by atoms with Crippen molar-refractivity contribution in [3.05, 3.63) is 29.8 Å². The summed E-state index contributed by atoms with van der Waals surface area (Å²) >= 11 is 0. The van der Waals surface area contributed by atoms with Gasteiger partial charge >= 0.3 is 5.97 Å². The van der Waals surface area contributed by atoms with Crippen molar-refractivity contribution in [3.8, 4) is 0 Å². The molecule has 4 nitrogen and oxygen atoms in total. The molecule has 76 valence electrons.